The van der Waals surface area contributed by atoms with E-state index in [0.717, 1.165) is 48.5 Å². The molecule has 138 valence electrons. The average Bonchev–Trinajstić information content (AvgIpc) is 2.65. The van der Waals surface area contributed by atoms with Gasteiger partial charge in [0.25, 0.3) is 5.56 Å². The van der Waals surface area contributed by atoms with Crippen molar-refractivity contribution in [2.45, 2.75) is 64.5 Å². The molecule has 0 spiro atoms. The second-order valence-corrected chi connectivity index (χ2v) is 7.55. The Labute approximate surface area is 152 Å². The summed E-state index contributed by atoms with van der Waals surface area (Å²) in [6, 6.07) is 3.17. The molecule has 4 rings (SSSR count). The molecule has 3 heterocycles. The number of aryl methyl sites for hydroxylation is 1. The van der Waals surface area contributed by atoms with Gasteiger partial charge in [-0.2, -0.15) is 4.39 Å². The Bertz CT molecular complexity index is 857. The summed E-state index contributed by atoms with van der Waals surface area (Å²) < 4.78 is 13.2. The van der Waals surface area contributed by atoms with Crippen LogP contribution < -0.4 is 5.56 Å². The van der Waals surface area contributed by atoms with Crippen molar-refractivity contribution < 1.29 is 4.39 Å². The average molecular weight is 356 g/mol. The van der Waals surface area contributed by atoms with E-state index in [-0.39, 0.29) is 5.56 Å². The van der Waals surface area contributed by atoms with E-state index in [9.17, 15) is 9.18 Å². The van der Waals surface area contributed by atoms with Crippen LogP contribution in [0, 0.1) is 12.9 Å². The molecular weight excluding hydrogens is 331 g/mol. The van der Waals surface area contributed by atoms with Gasteiger partial charge >= 0.3 is 0 Å². The summed E-state index contributed by atoms with van der Waals surface area (Å²) in [5, 5.41) is 0. The van der Waals surface area contributed by atoms with Gasteiger partial charge in [-0.1, -0.05) is 25.3 Å². The quantitative estimate of drug-likeness (QED) is 0.858. The molecule has 2 aromatic heterocycles. The predicted octanol–water partition coefficient (Wildman–Crippen LogP) is 3.22. The Hall–Kier alpha value is -2.08. The van der Waals surface area contributed by atoms with Gasteiger partial charge in [-0.15, -0.1) is 0 Å². The summed E-state index contributed by atoms with van der Waals surface area (Å²) in [6.07, 6.45) is 6.79. The monoisotopic (exact) mass is 356 g/mol. The molecule has 0 aromatic carbocycles. The van der Waals surface area contributed by atoms with Gasteiger partial charge in [0.1, 0.15) is 5.82 Å². The molecule has 0 saturated heterocycles. The third-order valence-electron chi connectivity index (χ3n) is 5.71. The zero-order valence-electron chi connectivity index (χ0n) is 15.2. The lowest BCUT2D eigenvalue weighted by atomic mass is 9.88. The molecule has 1 N–H and O–H groups in total. The third-order valence-corrected chi connectivity index (χ3v) is 5.71. The highest BCUT2D eigenvalue weighted by molar-refractivity contribution is 5.24. The van der Waals surface area contributed by atoms with Gasteiger partial charge in [0.2, 0.25) is 5.95 Å². The highest BCUT2D eigenvalue weighted by Crippen LogP contribution is 2.30. The van der Waals surface area contributed by atoms with Crippen molar-refractivity contribution in [2.24, 2.45) is 0 Å². The van der Waals surface area contributed by atoms with E-state index in [1.165, 1.54) is 25.3 Å². The molecule has 26 heavy (non-hydrogen) atoms. The summed E-state index contributed by atoms with van der Waals surface area (Å²) in [5.74, 6) is 0.847. The maximum Gasteiger partial charge on any atom is 0.255 e. The number of halogens is 1. The minimum Gasteiger partial charge on any atom is -0.310 e. The van der Waals surface area contributed by atoms with Gasteiger partial charge in [0.15, 0.2) is 0 Å². The van der Waals surface area contributed by atoms with Crippen LogP contribution in [0.25, 0.3) is 0 Å². The minimum atomic E-state index is -0.453. The van der Waals surface area contributed by atoms with E-state index < -0.39 is 5.95 Å². The first-order valence-corrected chi connectivity index (χ1v) is 9.56. The maximum absolute atomic E-state index is 13.2. The summed E-state index contributed by atoms with van der Waals surface area (Å²) in [4.78, 5) is 26.6. The molecule has 2 aliphatic rings. The molecule has 1 saturated carbocycles. The zero-order valence-corrected chi connectivity index (χ0v) is 15.2. The molecule has 0 unspecified atom stereocenters. The summed E-state index contributed by atoms with van der Waals surface area (Å²) in [6.45, 7) is 3.92. The van der Waals surface area contributed by atoms with Crippen LogP contribution >= 0.6 is 0 Å². The maximum atomic E-state index is 13.2. The van der Waals surface area contributed by atoms with E-state index in [4.69, 9.17) is 4.98 Å². The lowest BCUT2D eigenvalue weighted by molar-refractivity contribution is 0.240. The molecule has 0 radical (unpaired) electrons. The topological polar surface area (TPSA) is 61.9 Å². The molecule has 1 aliphatic heterocycles. The molecule has 0 atom stereocenters. The molecule has 2 aromatic rings. The number of hydrogen-bond donors (Lipinski definition) is 1. The number of aromatic amines is 1. The van der Waals surface area contributed by atoms with Crippen LogP contribution in [0.15, 0.2) is 16.9 Å². The number of rotatable bonds is 3. The Morgan fingerprint density at radius 1 is 1.23 bits per heavy atom. The minimum absolute atomic E-state index is 0.00854. The second kappa shape index (κ2) is 7.27. The fraction of sp³-hybridized carbons (Fsp3) is 0.550. The highest BCUT2D eigenvalue weighted by atomic mass is 19.1. The van der Waals surface area contributed by atoms with Crippen molar-refractivity contribution in [3.8, 4) is 0 Å². The van der Waals surface area contributed by atoms with Gasteiger partial charge in [-0.05, 0) is 31.4 Å². The molecule has 5 nitrogen and oxygen atoms in total. The molecule has 6 heteroatoms. The lowest BCUT2D eigenvalue weighted by Gasteiger charge is -2.29. The number of nitrogens with zero attached hydrogens (tertiary/aromatic N) is 3. The van der Waals surface area contributed by atoms with E-state index >= 15 is 0 Å². The van der Waals surface area contributed by atoms with E-state index in [0.29, 0.717) is 24.7 Å². The van der Waals surface area contributed by atoms with Crippen LogP contribution in [0.5, 0.6) is 0 Å². The first kappa shape index (κ1) is 17.3. The second-order valence-electron chi connectivity index (χ2n) is 7.55. The van der Waals surface area contributed by atoms with E-state index in [1.54, 1.807) is 6.07 Å². The van der Waals surface area contributed by atoms with Crippen LogP contribution in [0.4, 0.5) is 4.39 Å². The Morgan fingerprint density at radius 3 is 2.81 bits per heavy atom. The SMILES string of the molecule is Cc1nc(F)ccc1CN1CCc2nc(C3CCCCC3)[nH]c(=O)c2C1. The van der Waals surface area contributed by atoms with Crippen molar-refractivity contribution in [3.05, 3.63) is 56.8 Å². The number of pyridine rings is 1. The van der Waals surface area contributed by atoms with E-state index in [2.05, 4.69) is 14.9 Å². The molecule has 0 amide bonds. The standard InChI is InChI=1S/C20H25FN4O/c1-13-15(7-8-18(21)22-13)11-25-10-9-17-16(12-25)20(26)24-19(23-17)14-5-3-2-4-6-14/h7-8,14H,2-6,9-12H2,1H3,(H,23,24,26). The first-order chi connectivity index (χ1) is 12.6. The number of hydrogen-bond acceptors (Lipinski definition) is 4. The van der Waals surface area contributed by atoms with Crippen LogP contribution in [0.3, 0.4) is 0 Å². The normalized spacial score (nSPS) is 18.7. The van der Waals surface area contributed by atoms with Crippen LogP contribution in [-0.4, -0.2) is 26.4 Å². The summed E-state index contributed by atoms with van der Waals surface area (Å²) in [7, 11) is 0. The predicted molar refractivity (Wildman–Crippen MR) is 97.4 cm³/mol. The molecule has 1 aliphatic carbocycles. The molecule has 1 fully saturated rings. The van der Waals surface area contributed by atoms with Crippen molar-refractivity contribution in [2.75, 3.05) is 6.54 Å². The van der Waals surface area contributed by atoms with Gasteiger partial charge in [-0.3, -0.25) is 9.69 Å². The van der Waals surface area contributed by atoms with E-state index in [1.807, 2.05) is 6.92 Å². The smallest absolute Gasteiger partial charge is 0.255 e. The highest BCUT2D eigenvalue weighted by Gasteiger charge is 2.24. The number of fused-ring (bicyclic) bond motifs is 1. The van der Waals surface area contributed by atoms with Crippen molar-refractivity contribution >= 4 is 0 Å². The summed E-state index contributed by atoms with van der Waals surface area (Å²) >= 11 is 0. The van der Waals surface area contributed by atoms with Crippen LogP contribution in [-0.2, 0) is 19.5 Å². The number of nitrogens with one attached hydrogen (secondary N) is 1. The zero-order chi connectivity index (χ0) is 18.1. The van der Waals surface area contributed by atoms with Crippen molar-refractivity contribution in [1.82, 2.24) is 19.9 Å². The Balaban J connectivity index is 1.52. The van der Waals surface area contributed by atoms with Gasteiger partial charge < -0.3 is 4.98 Å². The van der Waals surface area contributed by atoms with Crippen molar-refractivity contribution in [3.63, 3.8) is 0 Å². The fourth-order valence-electron chi connectivity index (χ4n) is 4.17. The largest absolute Gasteiger partial charge is 0.310 e. The number of aromatic nitrogens is 3. The van der Waals surface area contributed by atoms with Gasteiger partial charge in [-0.25, -0.2) is 9.97 Å². The van der Waals surface area contributed by atoms with Gasteiger partial charge in [0, 0.05) is 37.7 Å². The first-order valence-electron chi connectivity index (χ1n) is 9.56. The number of H-pyrrole nitrogens is 1. The van der Waals surface area contributed by atoms with Gasteiger partial charge in [0.05, 0.1) is 11.3 Å². The van der Waals surface area contributed by atoms with Crippen LogP contribution in [0.1, 0.15) is 66.4 Å². The lowest BCUT2D eigenvalue weighted by Crippen LogP contribution is -2.36. The summed E-state index contributed by atoms with van der Waals surface area (Å²) in [5.41, 5.74) is 3.45. The van der Waals surface area contributed by atoms with Crippen LogP contribution in [0.2, 0.25) is 0 Å². The Morgan fingerprint density at radius 2 is 2.04 bits per heavy atom. The fourth-order valence-corrected chi connectivity index (χ4v) is 4.17. The molecule has 0 bridgehead atoms. The third kappa shape index (κ3) is 3.56. The van der Waals surface area contributed by atoms with Crippen molar-refractivity contribution in [1.29, 1.82) is 0 Å². The Kier molecular flexibility index (Phi) is 4.85. The molecular formula is C20H25FN4O.